The molecule has 2 N–H and O–H groups in total. The molecule has 6 aromatic carbocycles. The van der Waals surface area contributed by atoms with Gasteiger partial charge < -0.3 is 29.4 Å². The average Bonchev–Trinajstić information content (AvgIpc) is 3.30. The van der Waals surface area contributed by atoms with Gasteiger partial charge in [0.05, 0.1) is 35.2 Å². The number of carbonyl (C=O) groups excluding carboxylic acids is 1. The number of nitrogens with one attached hydrogen (secondary N) is 1. The molecule has 0 aromatic heterocycles. The van der Waals surface area contributed by atoms with E-state index in [1.54, 1.807) is 48.5 Å². The molecule has 1 amide bonds. The lowest BCUT2D eigenvalue weighted by Gasteiger charge is -2.37. The van der Waals surface area contributed by atoms with Crippen molar-refractivity contribution in [2.75, 3.05) is 13.7 Å². The van der Waals surface area contributed by atoms with Crippen LogP contribution in [0.3, 0.4) is 0 Å². The number of benzene rings is 6. The number of carbonyl (C=O) groups is 2. The molecule has 326 valence electrons. The van der Waals surface area contributed by atoms with Crippen LogP contribution in [-0.4, -0.2) is 55.5 Å². The maximum Gasteiger partial charge on any atom is 0.305 e. The maximum atomic E-state index is 14.6. The fraction of sp³-hybridized carbons (Fsp3) is 0.204. The number of methoxy groups -OCH3 is 1. The first kappa shape index (κ1) is 44.1. The van der Waals surface area contributed by atoms with Gasteiger partial charge in [0.2, 0.25) is 15.9 Å². The van der Waals surface area contributed by atoms with Crippen molar-refractivity contribution in [2.45, 2.75) is 55.5 Å². The van der Waals surface area contributed by atoms with Crippen LogP contribution < -0.4 is 24.3 Å². The van der Waals surface area contributed by atoms with E-state index in [0.717, 1.165) is 32.1 Å². The molecule has 2 heterocycles. The number of nitriles is 1. The Labute approximate surface area is 380 Å². The van der Waals surface area contributed by atoms with Gasteiger partial charge in [0.1, 0.15) is 35.7 Å². The largest absolute Gasteiger partial charge is 0.495 e. The first-order valence-electron chi connectivity index (χ1n) is 20.3. The zero-order valence-corrected chi connectivity index (χ0v) is 36.7. The zero-order valence-electron chi connectivity index (χ0n) is 34.4. The number of amides is 1. The number of sulfonamides is 1. The van der Waals surface area contributed by atoms with E-state index in [4.69, 9.17) is 47.4 Å². The number of carboxylic acids is 1. The maximum absolute atomic E-state index is 14.6. The van der Waals surface area contributed by atoms with E-state index in [1.165, 1.54) is 19.2 Å². The van der Waals surface area contributed by atoms with Crippen LogP contribution in [0.5, 0.6) is 23.0 Å². The summed E-state index contributed by atoms with van der Waals surface area (Å²) in [5, 5.41) is 22.9. The number of aliphatic carboxylic acids is 1. The van der Waals surface area contributed by atoms with E-state index in [9.17, 15) is 23.1 Å². The number of nitrogens with zero attached hydrogens (tertiary/aromatic N) is 2. The van der Waals surface area contributed by atoms with Gasteiger partial charge in [-0.25, -0.2) is 8.42 Å². The molecule has 64 heavy (non-hydrogen) atoms. The van der Waals surface area contributed by atoms with Crippen molar-refractivity contribution in [2.24, 2.45) is 0 Å². The summed E-state index contributed by atoms with van der Waals surface area (Å²) in [5.41, 5.74) is 6.11. The van der Waals surface area contributed by atoms with Gasteiger partial charge in [-0.2, -0.15) is 9.57 Å². The predicted molar refractivity (Wildman–Crippen MR) is 240 cm³/mol. The summed E-state index contributed by atoms with van der Waals surface area (Å²) in [6, 6.07) is 37.1. The topological polar surface area (TPSA) is 164 Å². The summed E-state index contributed by atoms with van der Waals surface area (Å²) in [6.45, 7) is 0.295. The van der Waals surface area contributed by atoms with Crippen molar-refractivity contribution in [3.05, 3.63) is 171 Å². The fourth-order valence-corrected chi connectivity index (χ4v) is 9.88. The van der Waals surface area contributed by atoms with Crippen molar-refractivity contribution in [3.63, 3.8) is 0 Å². The van der Waals surface area contributed by atoms with Crippen molar-refractivity contribution in [1.82, 2.24) is 9.62 Å². The van der Waals surface area contributed by atoms with Crippen LogP contribution in [0.25, 0.3) is 11.1 Å². The Morgan fingerprint density at radius 1 is 0.875 bits per heavy atom. The highest BCUT2D eigenvalue weighted by Crippen LogP contribution is 2.42. The molecule has 2 aliphatic heterocycles. The van der Waals surface area contributed by atoms with Crippen LogP contribution in [0.4, 0.5) is 0 Å². The second kappa shape index (κ2) is 19.0. The molecule has 2 aliphatic rings. The third-order valence-corrected chi connectivity index (χ3v) is 13.8. The van der Waals surface area contributed by atoms with E-state index < -0.39 is 46.5 Å². The lowest BCUT2D eigenvalue weighted by molar-refractivity contribution is -0.137. The molecule has 12 nitrogen and oxygen atoms in total. The molecule has 0 bridgehead atoms. The number of hydrogen-bond acceptors (Lipinski definition) is 9. The third kappa shape index (κ3) is 9.81. The quantitative estimate of drug-likeness (QED) is 0.108. The standard InChI is InChI=1S/C49H41Cl2N3O9S/c1-60-43-4-2-3-5-47(43)64(58,59)54-27-37-24-45-44(62-29-46(63-45)35-15-17-39(18-16-35)61-28-32-10-19-40(50)41(51)21-32)23-36(37)22-42(54)49(57)53-38(25-48(55)56)20-30-6-11-33(12-7-30)34-13-8-31(26-52)9-14-34/h2-19,21,23-24,38,42,46H,20,22,25,27-29H2,1H3,(H,53,57)(H,55,56). The van der Waals surface area contributed by atoms with Crippen LogP contribution in [-0.2, 0) is 45.6 Å². The van der Waals surface area contributed by atoms with Crippen molar-refractivity contribution < 1.29 is 42.1 Å². The molecule has 3 unspecified atom stereocenters. The molecule has 15 heteroatoms. The number of carboxylic acid groups (broad SMARTS) is 1. The Hall–Kier alpha value is -6.56. The van der Waals surface area contributed by atoms with Crippen molar-refractivity contribution in [3.8, 4) is 40.2 Å². The van der Waals surface area contributed by atoms with Gasteiger partial charge in [-0.15, -0.1) is 0 Å². The molecule has 0 saturated heterocycles. The van der Waals surface area contributed by atoms with Gasteiger partial charge in [-0.1, -0.05) is 89.9 Å². The average molecular weight is 919 g/mol. The lowest BCUT2D eigenvalue weighted by atomic mass is 9.93. The minimum absolute atomic E-state index is 0.0294. The summed E-state index contributed by atoms with van der Waals surface area (Å²) in [5.74, 6) is -0.164. The Morgan fingerprint density at radius 3 is 2.25 bits per heavy atom. The molecule has 0 aliphatic carbocycles. The third-order valence-electron chi connectivity index (χ3n) is 11.2. The van der Waals surface area contributed by atoms with Crippen LogP contribution in [0.2, 0.25) is 10.0 Å². The molecular formula is C49H41Cl2N3O9S. The molecule has 0 fully saturated rings. The summed E-state index contributed by atoms with van der Waals surface area (Å²) < 4.78 is 54.4. The van der Waals surface area contributed by atoms with E-state index in [2.05, 4.69) is 11.4 Å². The van der Waals surface area contributed by atoms with Crippen molar-refractivity contribution >= 4 is 45.1 Å². The van der Waals surface area contributed by atoms with Gasteiger partial charge in [-0.3, -0.25) is 9.59 Å². The monoisotopic (exact) mass is 917 g/mol. The smallest absolute Gasteiger partial charge is 0.305 e. The van der Waals surface area contributed by atoms with E-state index in [0.29, 0.717) is 50.6 Å². The highest BCUT2D eigenvalue weighted by molar-refractivity contribution is 7.89. The molecule has 0 spiro atoms. The number of halogens is 2. The second-order valence-electron chi connectivity index (χ2n) is 15.4. The summed E-state index contributed by atoms with van der Waals surface area (Å²) in [6.07, 6.45) is -0.746. The molecule has 8 rings (SSSR count). The van der Waals surface area contributed by atoms with Gasteiger partial charge >= 0.3 is 5.97 Å². The Morgan fingerprint density at radius 2 is 1.56 bits per heavy atom. The molecular weight excluding hydrogens is 878 g/mol. The normalized spacial score (nSPS) is 16.2. The number of para-hydroxylation sites is 1. The number of hydrogen-bond donors (Lipinski definition) is 2. The molecule has 0 radical (unpaired) electrons. The van der Waals surface area contributed by atoms with Gasteiger partial charge in [-0.05, 0) is 112 Å². The van der Waals surface area contributed by atoms with Gasteiger partial charge in [0, 0.05) is 12.6 Å². The van der Waals surface area contributed by atoms with E-state index >= 15 is 0 Å². The Kier molecular flexibility index (Phi) is 13.1. The number of fused-ring (bicyclic) bond motifs is 2. The SMILES string of the molecule is COc1ccccc1S(=O)(=O)N1Cc2cc3c(cc2CC1C(=O)NC(CC(=O)O)Cc1ccc(-c2ccc(C#N)cc2)cc1)OCC(c1ccc(OCc2ccc(Cl)c(Cl)c2)cc1)O3. The minimum Gasteiger partial charge on any atom is -0.495 e. The summed E-state index contributed by atoms with van der Waals surface area (Å²) in [7, 11) is -3.01. The highest BCUT2D eigenvalue weighted by Gasteiger charge is 2.42. The van der Waals surface area contributed by atoms with Gasteiger partial charge in [0.15, 0.2) is 17.6 Å². The zero-order chi connectivity index (χ0) is 45.0. The van der Waals surface area contributed by atoms with E-state index in [-0.39, 0.29) is 36.6 Å². The molecule has 6 aromatic rings. The first-order chi connectivity index (χ1) is 30.9. The number of rotatable bonds is 14. The summed E-state index contributed by atoms with van der Waals surface area (Å²) in [4.78, 5) is 26.4. The second-order valence-corrected chi connectivity index (χ2v) is 18.1. The van der Waals surface area contributed by atoms with Crippen molar-refractivity contribution in [1.29, 1.82) is 5.26 Å². The highest BCUT2D eigenvalue weighted by atomic mass is 35.5. The first-order valence-corrected chi connectivity index (χ1v) is 22.5. The summed E-state index contributed by atoms with van der Waals surface area (Å²) >= 11 is 12.2. The fourth-order valence-electron chi connectivity index (χ4n) is 7.84. The van der Waals surface area contributed by atoms with Crippen LogP contribution in [0.15, 0.2) is 132 Å². The van der Waals surface area contributed by atoms with Crippen LogP contribution in [0, 0.1) is 11.3 Å². The number of ether oxygens (including phenoxy) is 4. The Balaban J connectivity index is 1.02. The van der Waals surface area contributed by atoms with Gasteiger partial charge in [0.25, 0.3) is 0 Å². The minimum atomic E-state index is -4.38. The van der Waals surface area contributed by atoms with E-state index in [1.807, 2.05) is 66.7 Å². The van der Waals surface area contributed by atoms with Crippen LogP contribution in [0.1, 0.15) is 45.9 Å². The lowest BCUT2D eigenvalue weighted by Crippen LogP contribution is -2.54. The van der Waals surface area contributed by atoms with Crippen LogP contribution >= 0.6 is 23.2 Å². The molecule has 3 atom stereocenters. The molecule has 0 saturated carbocycles. The predicted octanol–water partition coefficient (Wildman–Crippen LogP) is 8.95. The Bertz CT molecular complexity index is 2850.